The molecule has 4 N–H and O–H groups in total. The zero-order valence-corrected chi connectivity index (χ0v) is 8.34. The minimum atomic E-state index is -0.545. The normalized spacial score (nSPS) is 11.4. The number of hydrogen-bond donors (Lipinski definition) is 3. The molecule has 0 bridgehead atoms. The summed E-state index contributed by atoms with van der Waals surface area (Å²) >= 11 is 0. The molecular formula is C10H15FN2O. The molecule has 0 aliphatic heterocycles. The third-order valence-electron chi connectivity index (χ3n) is 1.86. The van der Waals surface area contributed by atoms with Crippen LogP contribution in [0.25, 0.3) is 0 Å². The van der Waals surface area contributed by atoms with E-state index < -0.39 is 11.4 Å². The van der Waals surface area contributed by atoms with Crippen molar-refractivity contribution in [2.45, 2.75) is 19.4 Å². The Morgan fingerprint density at radius 3 is 2.64 bits per heavy atom. The van der Waals surface area contributed by atoms with Gasteiger partial charge >= 0.3 is 0 Å². The van der Waals surface area contributed by atoms with Crippen molar-refractivity contribution in [3.8, 4) is 0 Å². The second-order valence-electron chi connectivity index (χ2n) is 3.91. The van der Waals surface area contributed by atoms with Crippen molar-refractivity contribution >= 4 is 11.4 Å². The van der Waals surface area contributed by atoms with Crippen LogP contribution in [-0.4, -0.2) is 17.3 Å². The number of rotatable bonds is 3. The Morgan fingerprint density at radius 1 is 1.50 bits per heavy atom. The zero-order chi connectivity index (χ0) is 10.8. The standard InChI is InChI=1S/C10H15FN2O/c1-10(2,6-14)13-9-4-3-7(12)5-8(9)11/h3-5,13-14H,6,12H2,1-2H3. The van der Waals surface area contributed by atoms with Crippen LogP contribution in [0.15, 0.2) is 18.2 Å². The van der Waals surface area contributed by atoms with Gasteiger partial charge in [-0.25, -0.2) is 4.39 Å². The molecule has 0 amide bonds. The molecule has 0 atom stereocenters. The van der Waals surface area contributed by atoms with E-state index in [1.165, 1.54) is 6.07 Å². The van der Waals surface area contributed by atoms with E-state index in [9.17, 15) is 4.39 Å². The SMILES string of the molecule is CC(C)(CO)Nc1ccc(N)cc1F. The Hall–Kier alpha value is -1.29. The Morgan fingerprint density at radius 2 is 2.14 bits per heavy atom. The predicted octanol–water partition coefficient (Wildman–Crippen LogP) is 1.59. The maximum atomic E-state index is 13.3. The van der Waals surface area contributed by atoms with Gasteiger partial charge in [-0.1, -0.05) is 0 Å². The summed E-state index contributed by atoms with van der Waals surface area (Å²) < 4.78 is 13.3. The highest BCUT2D eigenvalue weighted by atomic mass is 19.1. The number of nitrogens with two attached hydrogens (primary N) is 1. The van der Waals surface area contributed by atoms with Gasteiger partial charge < -0.3 is 16.2 Å². The number of halogens is 1. The average molecular weight is 198 g/mol. The summed E-state index contributed by atoms with van der Waals surface area (Å²) in [6, 6.07) is 4.41. The van der Waals surface area contributed by atoms with Crippen LogP contribution >= 0.6 is 0 Å². The molecule has 14 heavy (non-hydrogen) atoms. The molecule has 0 aliphatic carbocycles. The van der Waals surface area contributed by atoms with Crippen LogP contribution in [0.3, 0.4) is 0 Å². The fourth-order valence-corrected chi connectivity index (χ4v) is 1.04. The molecule has 0 unspecified atom stereocenters. The number of hydrogen-bond acceptors (Lipinski definition) is 3. The number of nitrogens with one attached hydrogen (secondary N) is 1. The smallest absolute Gasteiger partial charge is 0.148 e. The van der Waals surface area contributed by atoms with Crippen LogP contribution < -0.4 is 11.1 Å². The molecule has 3 nitrogen and oxygen atoms in total. The van der Waals surface area contributed by atoms with Crippen LogP contribution in [0.4, 0.5) is 15.8 Å². The molecular weight excluding hydrogens is 183 g/mol. The summed E-state index contributed by atoms with van der Waals surface area (Å²) in [6.07, 6.45) is 0. The number of anilines is 2. The molecule has 4 heteroatoms. The van der Waals surface area contributed by atoms with Crippen LogP contribution in [-0.2, 0) is 0 Å². The van der Waals surface area contributed by atoms with Crippen LogP contribution in [0.5, 0.6) is 0 Å². The highest BCUT2D eigenvalue weighted by Crippen LogP contribution is 2.20. The molecule has 1 aromatic carbocycles. The Balaban J connectivity index is 2.87. The van der Waals surface area contributed by atoms with Crippen molar-refractivity contribution in [2.75, 3.05) is 17.7 Å². The van der Waals surface area contributed by atoms with Crippen molar-refractivity contribution in [3.05, 3.63) is 24.0 Å². The minimum absolute atomic E-state index is 0.0726. The first-order valence-electron chi connectivity index (χ1n) is 4.39. The fraction of sp³-hybridized carbons (Fsp3) is 0.400. The van der Waals surface area contributed by atoms with Gasteiger partial charge in [0.15, 0.2) is 0 Å². The average Bonchev–Trinajstić information content (AvgIpc) is 2.10. The van der Waals surface area contributed by atoms with Crippen molar-refractivity contribution in [3.63, 3.8) is 0 Å². The molecule has 0 heterocycles. The van der Waals surface area contributed by atoms with E-state index in [-0.39, 0.29) is 6.61 Å². The van der Waals surface area contributed by atoms with Crippen LogP contribution in [0.2, 0.25) is 0 Å². The maximum absolute atomic E-state index is 13.3. The van der Waals surface area contributed by atoms with Gasteiger partial charge in [-0.15, -0.1) is 0 Å². The van der Waals surface area contributed by atoms with Gasteiger partial charge in [-0.2, -0.15) is 0 Å². The first-order valence-corrected chi connectivity index (χ1v) is 4.39. The van der Waals surface area contributed by atoms with Crippen molar-refractivity contribution in [2.24, 2.45) is 0 Å². The maximum Gasteiger partial charge on any atom is 0.148 e. The third-order valence-corrected chi connectivity index (χ3v) is 1.86. The molecule has 1 aromatic rings. The lowest BCUT2D eigenvalue weighted by atomic mass is 10.1. The Kier molecular flexibility index (Phi) is 2.96. The summed E-state index contributed by atoms with van der Waals surface area (Å²) in [4.78, 5) is 0. The van der Waals surface area contributed by atoms with E-state index >= 15 is 0 Å². The molecule has 0 radical (unpaired) electrons. The Bertz CT molecular complexity index is 326. The summed E-state index contributed by atoms with van der Waals surface area (Å²) in [5.74, 6) is -0.411. The van der Waals surface area contributed by atoms with Gasteiger partial charge in [0.1, 0.15) is 5.82 Å². The highest BCUT2D eigenvalue weighted by Gasteiger charge is 2.17. The monoisotopic (exact) mass is 198 g/mol. The summed E-state index contributed by atoms with van der Waals surface area (Å²) in [5, 5.41) is 11.9. The molecule has 1 rings (SSSR count). The van der Waals surface area contributed by atoms with Gasteiger partial charge in [0.2, 0.25) is 0 Å². The predicted molar refractivity (Wildman–Crippen MR) is 55.6 cm³/mol. The van der Waals surface area contributed by atoms with Gasteiger partial charge in [-0.3, -0.25) is 0 Å². The summed E-state index contributed by atoms with van der Waals surface area (Å²) in [5.41, 5.74) is 5.59. The molecule has 0 fully saturated rings. The highest BCUT2D eigenvalue weighted by molar-refractivity contribution is 5.53. The molecule has 0 saturated heterocycles. The lowest BCUT2D eigenvalue weighted by Crippen LogP contribution is -2.35. The second-order valence-corrected chi connectivity index (χ2v) is 3.91. The van der Waals surface area contributed by atoms with Gasteiger partial charge in [0, 0.05) is 5.69 Å². The lowest BCUT2D eigenvalue weighted by Gasteiger charge is -2.25. The van der Waals surface area contributed by atoms with E-state index in [0.29, 0.717) is 11.4 Å². The quantitative estimate of drug-likeness (QED) is 0.646. The molecule has 0 spiro atoms. The summed E-state index contributed by atoms with van der Waals surface area (Å²) in [7, 11) is 0. The van der Waals surface area contributed by atoms with Crippen molar-refractivity contribution in [1.29, 1.82) is 0 Å². The first kappa shape index (κ1) is 10.8. The molecule has 0 aliphatic rings. The number of benzene rings is 1. The topological polar surface area (TPSA) is 58.3 Å². The van der Waals surface area contributed by atoms with Crippen LogP contribution in [0.1, 0.15) is 13.8 Å². The van der Waals surface area contributed by atoms with E-state index in [1.54, 1.807) is 26.0 Å². The van der Waals surface area contributed by atoms with Gasteiger partial charge in [0.25, 0.3) is 0 Å². The van der Waals surface area contributed by atoms with E-state index in [0.717, 1.165) is 0 Å². The number of nitrogen functional groups attached to an aromatic ring is 1. The van der Waals surface area contributed by atoms with Crippen molar-refractivity contribution < 1.29 is 9.50 Å². The summed E-state index contributed by atoms with van der Waals surface area (Å²) in [6.45, 7) is 3.49. The first-order chi connectivity index (χ1) is 6.44. The molecule has 0 saturated carbocycles. The lowest BCUT2D eigenvalue weighted by molar-refractivity contribution is 0.234. The zero-order valence-electron chi connectivity index (χ0n) is 8.34. The van der Waals surface area contributed by atoms with E-state index in [1.807, 2.05) is 0 Å². The van der Waals surface area contributed by atoms with E-state index in [4.69, 9.17) is 10.8 Å². The van der Waals surface area contributed by atoms with Crippen molar-refractivity contribution in [1.82, 2.24) is 0 Å². The number of aliphatic hydroxyl groups is 1. The minimum Gasteiger partial charge on any atom is -0.399 e. The molecule has 78 valence electrons. The largest absolute Gasteiger partial charge is 0.399 e. The van der Waals surface area contributed by atoms with Crippen LogP contribution in [0, 0.1) is 5.82 Å². The third kappa shape index (κ3) is 2.60. The number of aliphatic hydroxyl groups excluding tert-OH is 1. The fourth-order valence-electron chi connectivity index (χ4n) is 1.04. The Labute approximate surface area is 82.7 Å². The van der Waals surface area contributed by atoms with E-state index in [2.05, 4.69) is 5.32 Å². The van der Waals surface area contributed by atoms with Gasteiger partial charge in [0.05, 0.1) is 17.8 Å². The second kappa shape index (κ2) is 3.84. The van der Waals surface area contributed by atoms with Gasteiger partial charge in [-0.05, 0) is 32.0 Å². The molecule has 0 aromatic heterocycles.